The van der Waals surface area contributed by atoms with E-state index in [2.05, 4.69) is 159 Å². The predicted molar refractivity (Wildman–Crippen MR) is 209 cm³/mol. The highest BCUT2D eigenvalue weighted by atomic mass is 32.2. The van der Waals surface area contributed by atoms with Crippen molar-refractivity contribution >= 4 is 33.6 Å². The van der Waals surface area contributed by atoms with Crippen molar-refractivity contribution in [2.75, 3.05) is 0 Å². The smallest absolute Gasteiger partial charge is 0.158 e. The SMILES string of the molecule is Cc1cc([SH+]c2ccc(-c3ccccc3-c3ccccc3)cc2)ccc1Sc1ccc(-c2ccccc2)cc1.Cc1ccc(S(=O)(=O)[O-])cc1. The van der Waals surface area contributed by atoms with Crippen molar-refractivity contribution in [2.24, 2.45) is 0 Å². The molecule has 0 heterocycles. The second kappa shape index (κ2) is 16.2. The highest BCUT2D eigenvalue weighted by Gasteiger charge is 2.12. The maximum absolute atomic E-state index is 10.4. The molecule has 7 rings (SSSR count). The zero-order valence-corrected chi connectivity index (χ0v) is 30.3. The first-order valence-corrected chi connectivity index (χ1v) is 19.3. The fraction of sp³-hybridized carbons (Fsp3) is 0.0455. The molecule has 0 radical (unpaired) electrons. The van der Waals surface area contributed by atoms with E-state index in [1.807, 2.05) is 18.7 Å². The number of hydrogen-bond acceptors (Lipinski definition) is 4. The van der Waals surface area contributed by atoms with Crippen molar-refractivity contribution in [3.05, 3.63) is 187 Å². The van der Waals surface area contributed by atoms with Gasteiger partial charge in [-0.1, -0.05) is 127 Å². The molecule has 0 unspecified atom stereocenters. The van der Waals surface area contributed by atoms with Crippen molar-refractivity contribution in [1.29, 1.82) is 0 Å². The molecule has 248 valence electrons. The van der Waals surface area contributed by atoms with Gasteiger partial charge in [0, 0.05) is 21.6 Å². The minimum Gasteiger partial charge on any atom is -0.744 e. The Bertz CT molecular complexity index is 2270. The number of hydrogen-bond donors (Lipinski definition) is 0. The van der Waals surface area contributed by atoms with E-state index in [-0.39, 0.29) is 4.90 Å². The molecule has 0 spiro atoms. The topological polar surface area (TPSA) is 57.2 Å². The van der Waals surface area contributed by atoms with Crippen LogP contribution in [0.4, 0.5) is 0 Å². The monoisotopic (exact) mass is 708 g/mol. The molecule has 0 fully saturated rings. The van der Waals surface area contributed by atoms with Crippen LogP contribution < -0.4 is 0 Å². The Morgan fingerprint density at radius 2 is 0.980 bits per heavy atom. The number of thiol groups is 1. The Morgan fingerprint density at radius 3 is 1.54 bits per heavy atom. The zero-order chi connectivity index (χ0) is 34.9. The van der Waals surface area contributed by atoms with Gasteiger partial charge in [-0.2, -0.15) is 0 Å². The van der Waals surface area contributed by atoms with Crippen molar-refractivity contribution in [3.63, 3.8) is 0 Å². The maximum Gasteiger partial charge on any atom is 0.158 e. The highest BCUT2D eigenvalue weighted by Crippen LogP contribution is 2.34. The molecule has 7 aromatic rings. The van der Waals surface area contributed by atoms with Crippen LogP contribution in [0.15, 0.2) is 200 Å². The van der Waals surface area contributed by atoms with Gasteiger partial charge >= 0.3 is 0 Å². The van der Waals surface area contributed by atoms with Gasteiger partial charge in [0.2, 0.25) is 0 Å². The summed E-state index contributed by atoms with van der Waals surface area (Å²) in [6.45, 7) is 4.03. The van der Waals surface area contributed by atoms with Gasteiger partial charge in [0.1, 0.15) is 10.1 Å². The molecule has 3 nitrogen and oxygen atoms in total. The van der Waals surface area contributed by atoms with Crippen LogP contribution in [0.1, 0.15) is 11.1 Å². The van der Waals surface area contributed by atoms with Crippen LogP contribution in [0.25, 0.3) is 33.4 Å². The molecule has 0 saturated heterocycles. The minimum atomic E-state index is -4.27. The summed E-state index contributed by atoms with van der Waals surface area (Å²) in [6.07, 6.45) is 0. The molecule has 0 amide bonds. The summed E-state index contributed by atoms with van der Waals surface area (Å²) in [5.41, 5.74) is 9.76. The summed E-state index contributed by atoms with van der Waals surface area (Å²) in [6, 6.07) is 60.3. The molecule has 0 aliphatic carbocycles. The fourth-order valence-corrected chi connectivity index (χ4v) is 7.82. The Labute approximate surface area is 303 Å². The van der Waals surface area contributed by atoms with E-state index in [0.717, 1.165) is 5.56 Å². The molecule has 0 aliphatic rings. The lowest BCUT2D eigenvalue weighted by atomic mass is 9.95. The van der Waals surface area contributed by atoms with E-state index in [9.17, 15) is 13.0 Å². The quantitative estimate of drug-likeness (QED) is 0.0896. The molecule has 50 heavy (non-hydrogen) atoms. The van der Waals surface area contributed by atoms with Crippen LogP contribution in [-0.2, 0) is 21.9 Å². The van der Waals surface area contributed by atoms with E-state index in [4.69, 9.17) is 0 Å². The second-order valence-corrected chi connectivity index (χ2v) is 15.5. The molecule has 0 aliphatic heterocycles. The Kier molecular flexibility index (Phi) is 11.4. The first-order chi connectivity index (χ1) is 24.2. The largest absolute Gasteiger partial charge is 0.744 e. The van der Waals surface area contributed by atoms with Gasteiger partial charge in [-0.15, -0.1) is 0 Å². The summed E-state index contributed by atoms with van der Waals surface area (Å²) >= 11 is 3.05. The number of aryl methyl sites for hydroxylation is 2. The van der Waals surface area contributed by atoms with Crippen LogP contribution in [0.3, 0.4) is 0 Å². The first kappa shape index (κ1) is 35.0. The van der Waals surface area contributed by atoms with E-state index in [1.54, 1.807) is 12.1 Å². The second-order valence-electron chi connectivity index (χ2n) is 11.8. The van der Waals surface area contributed by atoms with Gasteiger partial charge in [0.05, 0.1) is 4.90 Å². The Hall–Kier alpha value is -4.85. The van der Waals surface area contributed by atoms with E-state index < -0.39 is 10.1 Å². The summed E-state index contributed by atoms with van der Waals surface area (Å²) in [7, 11) is -4.27. The van der Waals surface area contributed by atoms with Crippen molar-refractivity contribution in [2.45, 2.75) is 38.3 Å². The fourth-order valence-electron chi connectivity index (χ4n) is 5.46. The van der Waals surface area contributed by atoms with Crippen molar-refractivity contribution in [1.82, 2.24) is 0 Å². The van der Waals surface area contributed by atoms with E-state index >= 15 is 0 Å². The molecule has 6 heteroatoms. The van der Waals surface area contributed by atoms with Crippen molar-refractivity contribution in [3.8, 4) is 33.4 Å². The minimum absolute atomic E-state index is 0.178. The summed E-state index contributed by atoms with van der Waals surface area (Å²) < 4.78 is 31.2. The molecule has 7 aromatic carbocycles. The molecule has 0 atom stereocenters. The molecule has 0 N–H and O–H groups in total. The van der Waals surface area contributed by atoms with Crippen LogP contribution >= 0.6 is 11.8 Å². The normalized spacial score (nSPS) is 11.0. The van der Waals surface area contributed by atoms with Crippen molar-refractivity contribution < 1.29 is 13.0 Å². The summed E-state index contributed by atoms with van der Waals surface area (Å²) in [5, 5.41) is 0. The average Bonchev–Trinajstić information content (AvgIpc) is 3.14. The summed E-state index contributed by atoms with van der Waals surface area (Å²) in [5.74, 6) is 0. The van der Waals surface area contributed by atoms with E-state index in [1.165, 1.54) is 82.4 Å². The molecule has 0 aromatic heterocycles. The van der Waals surface area contributed by atoms with Gasteiger partial charge in [0.25, 0.3) is 0 Å². The lowest BCUT2D eigenvalue weighted by Gasteiger charge is -2.10. The van der Waals surface area contributed by atoms with Crippen LogP contribution in [0, 0.1) is 13.8 Å². The Balaban J connectivity index is 0.000000336. The third-order valence-corrected chi connectivity index (χ3v) is 11.2. The number of rotatable bonds is 8. The van der Waals surface area contributed by atoms with Gasteiger partial charge < -0.3 is 4.55 Å². The third-order valence-electron chi connectivity index (χ3n) is 8.11. The molecule has 0 bridgehead atoms. The van der Waals surface area contributed by atoms with Crippen LogP contribution in [-0.4, -0.2) is 13.0 Å². The van der Waals surface area contributed by atoms with Gasteiger partial charge in [-0.05, 0) is 120 Å². The average molecular weight is 709 g/mol. The highest BCUT2D eigenvalue weighted by molar-refractivity contribution is 7.99. The predicted octanol–water partition coefficient (Wildman–Crippen LogP) is 11.3. The Morgan fingerprint density at radius 1 is 0.500 bits per heavy atom. The molecule has 0 saturated carbocycles. The maximum atomic E-state index is 10.4. The first-order valence-electron chi connectivity index (χ1n) is 16.2. The van der Waals surface area contributed by atoms with Crippen LogP contribution in [0.2, 0.25) is 0 Å². The third kappa shape index (κ3) is 9.23. The van der Waals surface area contributed by atoms with Gasteiger partial charge in [-0.25, -0.2) is 8.42 Å². The lowest BCUT2D eigenvalue weighted by molar-refractivity contribution is 0.463. The van der Waals surface area contributed by atoms with Crippen LogP contribution in [0.5, 0.6) is 0 Å². The molecular weight excluding hydrogens is 673 g/mol. The summed E-state index contributed by atoms with van der Waals surface area (Å²) in [4.78, 5) is 4.99. The number of benzene rings is 7. The van der Waals surface area contributed by atoms with Gasteiger partial charge in [0.15, 0.2) is 9.79 Å². The standard InChI is InChI=1S/C37H28S2.C7H8O3S/c1-27-26-34(24-25-37(27)39-33-20-16-29(17-21-33)28-10-4-2-5-11-28)38-32-22-18-31(19-23-32)36-15-9-8-14-35(36)30-12-6-3-7-13-30;1-6-2-4-7(5-3-6)11(8,9)10/h2-26H,1H3;2-5H,1H3,(H,8,9,10). The zero-order valence-electron chi connectivity index (χ0n) is 27.7. The van der Waals surface area contributed by atoms with E-state index in [0.29, 0.717) is 0 Å². The van der Waals surface area contributed by atoms with Gasteiger partial charge in [-0.3, -0.25) is 0 Å². The molecular formula is C44H36O3S3. The lowest BCUT2D eigenvalue weighted by Crippen LogP contribution is -1.97.